The first-order valence-corrected chi connectivity index (χ1v) is 7.96. The molecule has 3 heteroatoms. The van der Waals surface area contributed by atoms with Crippen molar-refractivity contribution in [3.63, 3.8) is 0 Å². The first kappa shape index (κ1) is 13.0. The zero-order valence-corrected chi connectivity index (χ0v) is 11.4. The minimum atomic E-state index is -1.39. The summed E-state index contributed by atoms with van der Waals surface area (Å²) in [6.07, 6.45) is 2.20. The Kier molecular flexibility index (Phi) is 4.23. The number of allylic oxidation sites excluding steroid dienone is 2. The predicted molar refractivity (Wildman–Crippen MR) is 67.0 cm³/mol. The molecule has 0 fully saturated rings. The molecule has 0 saturated heterocycles. The maximum atomic E-state index is 6.76. The molecule has 0 N–H and O–H groups in total. The van der Waals surface area contributed by atoms with Gasteiger partial charge in [0.1, 0.15) is 17.6 Å². The smallest absolute Gasteiger partial charge is 0.154 e. The molecule has 1 aromatic rings. The second-order valence-corrected chi connectivity index (χ2v) is 8.89. The summed E-state index contributed by atoms with van der Waals surface area (Å²) in [5.41, 5.74) is 2.99. The summed E-state index contributed by atoms with van der Waals surface area (Å²) in [6, 6.07) is 10.6. The molecule has 0 spiro atoms. The largest absolute Gasteiger partial charge is 1.00 e. The van der Waals surface area contributed by atoms with Gasteiger partial charge in [0.25, 0.3) is 0 Å². The Bertz CT molecular complexity index is 356. The average molecular weight is 261 g/mol. The van der Waals surface area contributed by atoms with Crippen LogP contribution in [-0.2, 0) is 0 Å². The lowest BCUT2D eigenvalue weighted by atomic mass is 10.2. The van der Waals surface area contributed by atoms with Gasteiger partial charge in [0.2, 0.25) is 0 Å². The number of rotatable bonds is 1. The maximum absolute atomic E-state index is 6.76. The Balaban J connectivity index is 0.00000112. The van der Waals surface area contributed by atoms with Crippen LogP contribution >= 0.6 is 17.9 Å². The van der Waals surface area contributed by atoms with Crippen LogP contribution in [0.25, 0.3) is 0 Å². The first-order chi connectivity index (χ1) is 6.62. The maximum Gasteiger partial charge on any atom is 0.154 e. The molecule has 15 heavy (non-hydrogen) atoms. The van der Waals surface area contributed by atoms with E-state index < -0.39 is 6.62 Å². The van der Waals surface area contributed by atoms with Gasteiger partial charge in [0.15, 0.2) is 6.62 Å². The number of hydrogen-bond donors (Lipinski definition) is 0. The van der Waals surface area contributed by atoms with Crippen molar-refractivity contribution >= 4 is 23.2 Å². The van der Waals surface area contributed by atoms with Crippen LogP contribution in [-0.4, -0.2) is 12.3 Å². The van der Waals surface area contributed by atoms with E-state index in [1.54, 1.807) is 0 Å². The molecular formula is C12H15Cl2P. The summed E-state index contributed by atoms with van der Waals surface area (Å²) in [5.74, 6) is 0. The zero-order chi connectivity index (χ0) is 10.2. The van der Waals surface area contributed by atoms with Crippen LogP contribution in [0.1, 0.15) is 13.8 Å². The van der Waals surface area contributed by atoms with Crippen molar-refractivity contribution in [1.29, 1.82) is 0 Å². The van der Waals surface area contributed by atoms with Crippen molar-refractivity contribution < 1.29 is 12.4 Å². The quantitative estimate of drug-likeness (QED) is 0.519. The Morgan fingerprint density at radius 1 is 1.00 bits per heavy atom. The molecule has 0 bridgehead atoms. The molecule has 1 heterocycles. The highest BCUT2D eigenvalue weighted by Crippen LogP contribution is 2.68. The van der Waals surface area contributed by atoms with E-state index in [-0.39, 0.29) is 12.4 Å². The van der Waals surface area contributed by atoms with Gasteiger partial charge in [-0.15, -0.1) is 0 Å². The van der Waals surface area contributed by atoms with Gasteiger partial charge < -0.3 is 12.4 Å². The zero-order valence-electron chi connectivity index (χ0n) is 9.00. The lowest BCUT2D eigenvalue weighted by Gasteiger charge is -2.12. The third kappa shape index (κ3) is 2.56. The van der Waals surface area contributed by atoms with Gasteiger partial charge in [-0.2, -0.15) is 0 Å². The normalized spacial score (nSPS) is 18.9. The summed E-state index contributed by atoms with van der Waals surface area (Å²) in [5, 5.41) is 1.36. The van der Waals surface area contributed by atoms with Gasteiger partial charge in [-0.3, -0.25) is 0 Å². The van der Waals surface area contributed by atoms with E-state index in [0.717, 1.165) is 12.3 Å². The van der Waals surface area contributed by atoms with E-state index >= 15 is 0 Å². The van der Waals surface area contributed by atoms with Crippen LogP contribution in [0.2, 0.25) is 0 Å². The third-order valence-electron chi connectivity index (χ3n) is 2.92. The minimum absolute atomic E-state index is 0. The van der Waals surface area contributed by atoms with Gasteiger partial charge in [0, 0.05) is 0 Å². The molecule has 0 amide bonds. The molecule has 0 unspecified atom stereocenters. The van der Waals surface area contributed by atoms with E-state index in [4.69, 9.17) is 11.2 Å². The van der Waals surface area contributed by atoms with E-state index in [2.05, 4.69) is 44.2 Å². The highest BCUT2D eigenvalue weighted by Gasteiger charge is 2.44. The molecule has 0 radical (unpaired) electrons. The number of halogens is 2. The summed E-state index contributed by atoms with van der Waals surface area (Å²) < 4.78 is 0. The fourth-order valence-corrected chi connectivity index (χ4v) is 6.60. The van der Waals surface area contributed by atoms with Crippen molar-refractivity contribution in [2.45, 2.75) is 13.8 Å². The van der Waals surface area contributed by atoms with E-state index in [0.29, 0.717) is 0 Å². The molecule has 1 aromatic carbocycles. The predicted octanol–water partition coefficient (Wildman–Crippen LogP) is 0.837. The Morgan fingerprint density at radius 3 is 1.93 bits per heavy atom. The van der Waals surface area contributed by atoms with Crippen LogP contribution in [0.4, 0.5) is 0 Å². The number of benzene rings is 1. The topological polar surface area (TPSA) is 0 Å². The van der Waals surface area contributed by atoms with Crippen molar-refractivity contribution in [3.05, 3.63) is 41.5 Å². The van der Waals surface area contributed by atoms with Gasteiger partial charge in [-0.25, -0.2) is 0 Å². The van der Waals surface area contributed by atoms with E-state index in [1.165, 1.54) is 16.5 Å². The van der Waals surface area contributed by atoms with Crippen molar-refractivity contribution in [3.8, 4) is 0 Å². The van der Waals surface area contributed by atoms with Crippen LogP contribution in [0.15, 0.2) is 41.5 Å². The fraction of sp³-hybridized carbons (Fsp3) is 0.333. The molecule has 1 aliphatic rings. The second kappa shape index (κ2) is 4.87. The fourth-order valence-electron chi connectivity index (χ4n) is 1.96. The molecule has 82 valence electrons. The molecule has 1 aliphatic heterocycles. The van der Waals surface area contributed by atoms with Crippen molar-refractivity contribution in [2.24, 2.45) is 0 Å². The second-order valence-electron chi connectivity index (χ2n) is 4.08. The molecule has 0 aliphatic carbocycles. The molecule has 0 atom stereocenters. The van der Waals surface area contributed by atoms with Crippen LogP contribution in [0, 0.1) is 0 Å². The molecule has 0 nitrogen and oxygen atoms in total. The highest BCUT2D eigenvalue weighted by atomic mass is 35.7. The van der Waals surface area contributed by atoms with Crippen molar-refractivity contribution in [2.75, 3.05) is 12.3 Å². The summed E-state index contributed by atoms with van der Waals surface area (Å²) in [4.78, 5) is 0. The monoisotopic (exact) mass is 260 g/mol. The molecule has 2 rings (SSSR count). The Morgan fingerprint density at radius 2 is 1.47 bits per heavy atom. The van der Waals surface area contributed by atoms with Gasteiger partial charge in [-0.1, -0.05) is 18.2 Å². The van der Waals surface area contributed by atoms with Gasteiger partial charge in [-0.05, 0) is 37.1 Å². The minimum Gasteiger partial charge on any atom is -1.00 e. The van der Waals surface area contributed by atoms with Crippen molar-refractivity contribution in [1.82, 2.24) is 0 Å². The summed E-state index contributed by atoms with van der Waals surface area (Å²) in [6.45, 7) is 3.03. The highest BCUT2D eigenvalue weighted by molar-refractivity contribution is 8.05. The Labute approximate surface area is 103 Å². The first-order valence-electron chi connectivity index (χ1n) is 4.89. The standard InChI is InChI=1S/C12H15ClP.ClH/c1-10-8-14(13,9-11(10)2)12-6-4-3-5-7-12;/h3-7H,8-9H2,1-2H3;1H/q+1;/p-1. The van der Waals surface area contributed by atoms with Gasteiger partial charge in [0.05, 0.1) is 11.2 Å². The van der Waals surface area contributed by atoms with Crippen LogP contribution < -0.4 is 17.7 Å². The molecule has 0 aromatic heterocycles. The lowest BCUT2D eigenvalue weighted by Crippen LogP contribution is -3.00. The SMILES string of the molecule is CC1=C(C)C[P+](Cl)(c2ccccc2)C1.[Cl-]. The summed E-state index contributed by atoms with van der Waals surface area (Å²) >= 11 is 6.76. The Hall–Kier alpha value is -0.0300. The van der Waals surface area contributed by atoms with E-state index in [1.807, 2.05) is 0 Å². The molecular weight excluding hydrogens is 246 g/mol. The number of hydrogen-bond acceptors (Lipinski definition) is 0. The van der Waals surface area contributed by atoms with E-state index in [9.17, 15) is 0 Å². The van der Waals surface area contributed by atoms with Gasteiger partial charge >= 0.3 is 0 Å². The lowest BCUT2D eigenvalue weighted by molar-refractivity contribution is -0.00000290. The third-order valence-corrected chi connectivity index (χ3v) is 7.40. The van der Waals surface area contributed by atoms with Crippen LogP contribution in [0.5, 0.6) is 0 Å². The molecule has 0 saturated carbocycles. The summed E-state index contributed by atoms with van der Waals surface area (Å²) in [7, 11) is 0. The van der Waals surface area contributed by atoms with Crippen LogP contribution in [0.3, 0.4) is 0 Å². The average Bonchev–Trinajstić information content (AvgIpc) is 2.44.